The minimum Gasteiger partial charge on any atom is -0.393 e. The average Bonchev–Trinajstić information content (AvgIpc) is 2.98. The van der Waals surface area contributed by atoms with Crippen molar-refractivity contribution in [2.24, 2.45) is 34.5 Å². The first-order valence-electron chi connectivity index (χ1n) is 11.1. The minimum atomic E-state index is -0.805. The second kappa shape index (κ2) is 6.78. The van der Waals surface area contributed by atoms with Crippen LogP contribution in [0.25, 0.3) is 0 Å². The first-order chi connectivity index (χ1) is 13.1. The molecule has 0 aromatic rings. The molecule has 4 nitrogen and oxygen atoms in total. The molecule has 0 saturated heterocycles. The molecule has 0 bridgehead atoms. The molecule has 0 aromatic carbocycles. The number of aliphatic hydroxyl groups is 3. The van der Waals surface area contributed by atoms with Gasteiger partial charge < -0.3 is 15.3 Å². The summed E-state index contributed by atoms with van der Waals surface area (Å²) in [6.07, 6.45) is 5.44. The van der Waals surface area contributed by atoms with Crippen LogP contribution in [0.2, 0.25) is 0 Å². The molecule has 4 aliphatic carbocycles. The highest BCUT2D eigenvalue weighted by atomic mass is 16.3. The van der Waals surface area contributed by atoms with Gasteiger partial charge >= 0.3 is 0 Å². The van der Waals surface area contributed by atoms with E-state index in [1.165, 1.54) is 11.1 Å². The topological polar surface area (TPSA) is 77.8 Å². The largest absolute Gasteiger partial charge is 0.393 e. The lowest BCUT2D eigenvalue weighted by Gasteiger charge is -2.58. The molecule has 0 amide bonds. The molecule has 28 heavy (non-hydrogen) atoms. The Labute approximate surface area is 168 Å². The summed E-state index contributed by atoms with van der Waals surface area (Å²) in [6, 6.07) is 0. The summed E-state index contributed by atoms with van der Waals surface area (Å²) in [4.78, 5) is 13.6. The summed E-state index contributed by atoms with van der Waals surface area (Å²) in [6.45, 7) is 10.3. The maximum atomic E-state index is 13.6. The van der Waals surface area contributed by atoms with E-state index >= 15 is 0 Å². The lowest BCUT2D eigenvalue weighted by atomic mass is 9.46. The Morgan fingerprint density at radius 2 is 1.93 bits per heavy atom. The van der Waals surface area contributed by atoms with Crippen LogP contribution in [0, 0.1) is 34.5 Å². The number of carbonyl (C=O) groups is 1. The lowest BCUT2D eigenvalue weighted by Crippen LogP contribution is -2.58. The fourth-order valence-corrected chi connectivity index (χ4v) is 7.69. The molecule has 9 atom stereocenters. The normalized spacial score (nSPS) is 49.3. The first kappa shape index (κ1) is 20.3. The van der Waals surface area contributed by atoms with E-state index < -0.39 is 12.2 Å². The molecule has 4 rings (SSSR count). The third kappa shape index (κ3) is 2.64. The van der Waals surface area contributed by atoms with Crippen molar-refractivity contribution in [2.45, 2.75) is 84.0 Å². The van der Waals surface area contributed by atoms with Gasteiger partial charge in [-0.1, -0.05) is 31.1 Å². The zero-order chi connectivity index (χ0) is 20.4. The second-order valence-corrected chi connectivity index (χ2v) is 10.4. The number of carbonyl (C=O) groups excluding carboxylic acids is 1. The summed E-state index contributed by atoms with van der Waals surface area (Å²) < 4.78 is 0. The van der Waals surface area contributed by atoms with E-state index in [9.17, 15) is 20.1 Å². The predicted octanol–water partition coefficient (Wildman–Crippen LogP) is 3.40. The van der Waals surface area contributed by atoms with E-state index in [4.69, 9.17) is 0 Å². The van der Waals surface area contributed by atoms with Gasteiger partial charge in [0.25, 0.3) is 0 Å². The zero-order valence-corrected chi connectivity index (χ0v) is 17.5. The van der Waals surface area contributed by atoms with E-state index in [0.717, 1.165) is 25.7 Å². The Kier molecular flexibility index (Phi) is 4.92. The van der Waals surface area contributed by atoms with Crippen LogP contribution in [0.3, 0.4) is 0 Å². The molecule has 0 radical (unpaired) electrons. The fourth-order valence-electron chi connectivity index (χ4n) is 7.69. The van der Waals surface area contributed by atoms with Gasteiger partial charge in [0.2, 0.25) is 0 Å². The van der Waals surface area contributed by atoms with Crippen molar-refractivity contribution in [3.05, 3.63) is 23.8 Å². The molecule has 4 aliphatic rings. The molecule has 4 heteroatoms. The fraction of sp³-hybridized carbons (Fsp3) is 0.792. The van der Waals surface area contributed by atoms with Crippen molar-refractivity contribution in [3.8, 4) is 0 Å². The Balaban J connectivity index is 1.86. The molecule has 156 valence electrons. The minimum absolute atomic E-state index is 0.0321. The number of ketones is 1. The van der Waals surface area contributed by atoms with E-state index in [1.54, 1.807) is 0 Å². The van der Waals surface area contributed by atoms with Crippen LogP contribution < -0.4 is 0 Å². The number of fused-ring (bicyclic) bond motifs is 4. The summed E-state index contributed by atoms with van der Waals surface area (Å²) in [5.74, 6) is 0.420. The monoisotopic (exact) mass is 388 g/mol. The lowest BCUT2D eigenvalue weighted by molar-refractivity contribution is -0.153. The van der Waals surface area contributed by atoms with Crippen LogP contribution in [0.5, 0.6) is 0 Å². The van der Waals surface area contributed by atoms with Crippen molar-refractivity contribution >= 4 is 5.78 Å². The Hall–Kier alpha value is -0.970. The SMILES string of the molecule is C=CC[C@@H]1C(=O)[C@@H]2C[C@@H](O)[C@@H](O)C[C@]2(C)[C@H]2CC[C@@]3(C)C(=C12)CC[C@@H]3[C@H](C)O. The van der Waals surface area contributed by atoms with Crippen LogP contribution in [0.1, 0.15) is 65.7 Å². The third-order valence-electron chi connectivity index (χ3n) is 9.10. The van der Waals surface area contributed by atoms with Gasteiger partial charge in [-0.15, -0.1) is 6.58 Å². The number of rotatable bonds is 3. The molecule has 3 saturated carbocycles. The van der Waals surface area contributed by atoms with Crippen LogP contribution in [-0.2, 0) is 4.79 Å². The number of Topliss-reactive ketones (excluding diaryl/α,β-unsaturated/α-hetero) is 1. The molecule has 0 unspecified atom stereocenters. The molecule has 3 fully saturated rings. The maximum Gasteiger partial charge on any atom is 0.144 e. The van der Waals surface area contributed by atoms with Crippen molar-refractivity contribution < 1.29 is 20.1 Å². The zero-order valence-electron chi connectivity index (χ0n) is 17.5. The van der Waals surface area contributed by atoms with Crippen LogP contribution >= 0.6 is 0 Å². The molecule has 3 N–H and O–H groups in total. The Bertz CT molecular complexity index is 709. The van der Waals surface area contributed by atoms with E-state index in [-0.39, 0.29) is 46.4 Å². The molecule has 0 aliphatic heterocycles. The van der Waals surface area contributed by atoms with Crippen molar-refractivity contribution in [1.82, 2.24) is 0 Å². The molecular formula is C24H36O4. The van der Waals surface area contributed by atoms with Gasteiger partial charge in [0.15, 0.2) is 0 Å². The standard InChI is InChI=1S/C24H36O4/c1-5-6-14-21-16-8-7-15(13(2)25)23(16,3)10-9-17(21)24(4)12-20(27)19(26)11-18(24)22(14)28/h5,13-15,17-20,25-27H,1,6-12H2,2-4H3/t13-,14-,15+,17-,18-,19+,20-,23+,24+/m0/s1. The van der Waals surface area contributed by atoms with Gasteiger partial charge in [0.05, 0.1) is 18.3 Å². The van der Waals surface area contributed by atoms with Crippen LogP contribution in [0.15, 0.2) is 23.8 Å². The maximum absolute atomic E-state index is 13.6. The number of aliphatic hydroxyl groups excluding tert-OH is 3. The van der Waals surface area contributed by atoms with Crippen LogP contribution in [0.4, 0.5) is 0 Å². The van der Waals surface area contributed by atoms with Crippen LogP contribution in [-0.4, -0.2) is 39.4 Å². The number of hydrogen-bond acceptors (Lipinski definition) is 4. The van der Waals surface area contributed by atoms with Gasteiger partial charge in [-0.05, 0) is 74.5 Å². The predicted molar refractivity (Wildman–Crippen MR) is 108 cm³/mol. The molecule has 0 spiro atoms. The van der Waals surface area contributed by atoms with Crippen molar-refractivity contribution in [2.75, 3.05) is 0 Å². The summed E-state index contributed by atoms with van der Waals surface area (Å²) in [5.41, 5.74) is 2.40. The smallest absolute Gasteiger partial charge is 0.144 e. The molecular weight excluding hydrogens is 352 g/mol. The highest BCUT2D eigenvalue weighted by molar-refractivity contribution is 5.89. The summed E-state index contributed by atoms with van der Waals surface area (Å²) in [5, 5.41) is 31.1. The summed E-state index contributed by atoms with van der Waals surface area (Å²) in [7, 11) is 0. The van der Waals surface area contributed by atoms with E-state index in [1.807, 2.05) is 13.0 Å². The number of allylic oxidation sites excluding steroid dienone is 3. The molecule has 0 heterocycles. The first-order valence-corrected chi connectivity index (χ1v) is 11.1. The van der Waals surface area contributed by atoms with Gasteiger partial charge in [0, 0.05) is 11.8 Å². The Morgan fingerprint density at radius 1 is 1.21 bits per heavy atom. The van der Waals surface area contributed by atoms with Crippen molar-refractivity contribution in [1.29, 1.82) is 0 Å². The van der Waals surface area contributed by atoms with Gasteiger partial charge in [-0.2, -0.15) is 0 Å². The third-order valence-corrected chi connectivity index (χ3v) is 9.10. The number of hydrogen-bond donors (Lipinski definition) is 3. The second-order valence-electron chi connectivity index (χ2n) is 10.4. The molecule has 0 aromatic heterocycles. The summed E-state index contributed by atoms with van der Waals surface area (Å²) >= 11 is 0. The van der Waals surface area contributed by atoms with Gasteiger partial charge in [-0.3, -0.25) is 4.79 Å². The highest BCUT2D eigenvalue weighted by Crippen LogP contribution is 2.66. The van der Waals surface area contributed by atoms with Gasteiger partial charge in [0.1, 0.15) is 5.78 Å². The van der Waals surface area contributed by atoms with E-state index in [2.05, 4.69) is 20.4 Å². The highest BCUT2D eigenvalue weighted by Gasteiger charge is 2.61. The van der Waals surface area contributed by atoms with E-state index in [0.29, 0.717) is 19.3 Å². The van der Waals surface area contributed by atoms with Crippen molar-refractivity contribution in [3.63, 3.8) is 0 Å². The quantitative estimate of drug-likeness (QED) is 0.648. The Morgan fingerprint density at radius 3 is 2.57 bits per heavy atom. The average molecular weight is 389 g/mol. The van der Waals surface area contributed by atoms with Gasteiger partial charge in [-0.25, -0.2) is 0 Å².